The van der Waals surface area contributed by atoms with Crippen LogP contribution in [0.4, 0.5) is 0 Å². The Hall–Kier alpha value is -1.53. The number of aliphatic hydroxyl groups is 1. The van der Waals surface area contributed by atoms with Gasteiger partial charge in [-0.15, -0.1) is 0 Å². The van der Waals surface area contributed by atoms with E-state index in [1.54, 1.807) is 0 Å². The van der Waals surface area contributed by atoms with Crippen LogP contribution in [0.2, 0.25) is 0 Å². The molecule has 0 bridgehead atoms. The second-order valence-corrected chi connectivity index (χ2v) is 6.51. The van der Waals surface area contributed by atoms with Gasteiger partial charge in [0.05, 0.1) is 28.6 Å². The van der Waals surface area contributed by atoms with Gasteiger partial charge in [0.15, 0.2) is 0 Å². The molecule has 20 heavy (non-hydrogen) atoms. The van der Waals surface area contributed by atoms with Crippen LogP contribution in [0.1, 0.15) is 10.4 Å². The standard InChI is InChI=1S/C9H10O9S2/c10-1-2-18-20(16,17)8-4-6(9(11)12)3-7(5-8)19(13,14)15/h3-5,10H,1-2H2,(H,11,12)(H,13,14,15). The first-order chi connectivity index (χ1) is 9.08. The molecule has 0 amide bonds. The summed E-state index contributed by atoms with van der Waals surface area (Å²) < 4.78 is 58.4. The third kappa shape index (κ3) is 3.98. The predicted octanol–water partition coefficient (Wildman–Crippen LogP) is -0.671. The average Bonchev–Trinajstić information content (AvgIpc) is 2.34. The molecule has 1 rings (SSSR count). The van der Waals surface area contributed by atoms with Crippen LogP contribution in [0.3, 0.4) is 0 Å². The minimum Gasteiger partial charge on any atom is -0.478 e. The van der Waals surface area contributed by atoms with Gasteiger partial charge in [-0.3, -0.25) is 8.74 Å². The summed E-state index contributed by atoms with van der Waals surface area (Å²) >= 11 is 0. The van der Waals surface area contributed by atoms with E-state index in [4.69, 9.17) is 14.8 Å². The van der Waals surface area contributed by atoms with Gasteiger partial charge in [-0.2, -0.15) is 16.8 Å². The van der Waals surface area contributed by atoms with Crippen molar-refractivity contribution in [3.8, 4) is 0 Å². The first-order valence-corrected chi connectivity index (χ1v) is 7.79. The van der Waals surface area contributed by atoms with E-state index < -0.39 is 54.8 Å². The Kier molecular flexibility index (Phi) is 4.83. The zero-order valence-electron chi connectivity index (χ0n) is 9.75. The third-order valence-electron chi connectivity index (χ3n) is 2.04. The molecule has 0 spiro atoms. The highest BCUT2D eigenvalue weighted by Crippen LogP contribution is 2.20. The first kappa shape index (κ1) is 16.5. The quantitative estimate of drug-likeness (QED) is 0.455. The molecule has 0 heterocycles. The van der Waals surface area contributed by atoms with Gasteiger partial charge in [0.2, 0.25) is 0 Å². The molecule has 9 nitrogen and oxygen atoms in total. The highest BCUT2D eigenvalue weighted by atomic mass is 32.2. The van der Waals surface area contributed by atoms with Crippen molar-refractivity contribution in [1.29, 1.82) is 0 Å². The van der Waals surface area contributed by atoms with E-state index in [0.29, 0.717) is 18.2 Å². The molecule has 0 saturated carbocycles. The maximum Gasteiger partial charge on any atom is 0.335 e. The van der Waals surface area contributed by atoms with E-state index in [9.17, 15) is 21.6 Å². The molecule has 0 atom stereocenters. The molecule has 0 fully saturated rings. The summed E-state index contributed by atoms with van der Waals surface area (Å²) in [5, 5.41) is 17.3. The average molecular weight is 326 g/mol. The molecule has 0 aromatic heterocycles. The number of carboxylic acid groups (broad SMARTS) is 1. The lowest BCUT2D eigenvalue weighted by Gasteiger charge is -2.07. The van der Waals surface area contributed by atoms with Crippen LogP contribution in [-0.2, 0) is 24.4 Å². The van der Waals surface area contributed by atoms with Gasteiger partial charge in [0.25, 0.3) is 20.2 Å². The number of benzene rings is 1. The van der Waals surface area contributed by atoms with Gasteiger partial charge in [-0.05, 0) is 18.2 Å². The van der Waals surface area contributed by atoms with Gasteiger partial charge in [-0.25, -0.2) is 4.79 Å². The second-order valence-electron chi connectivity index (χ2n) is 3.47. The van der Waals surface area contributed by atoms with Crippen molar-refractivity contribution in [3.63, 3.8) is 0 Å². The molecule has 1 aromatic carbocycles. The van der Waals surface area contributed by atoms with Crippen LogP contribution >= 0.6 is 0 Å². The lowest BCUT2D eigenvalue weighted by atomic mass is 10.2. The van der Waals surface area contributed by atoms with Crippen molar-refractivity contribution in [2.45, 2.75) is 9.79 Å². The van der Waals surface area contributed by atoms with Crippen molar-refractivity contribution >= 4 is 26.2 Å². The zero-order valence-corrected chi connectivity index (χ0v) is 11.4. The number of carboxylic acids is 1. The van der Waals surface area contributed by atoms with Crippen LogP contribution < -0.4 is 0 Å². The molecule has 11 heteroatoms. The molecule has 112 valence electrons. The van der Waals surface area contributed by atoms with Gasteiger partial charge in [-0.1, -0.05) is 0 Å². The molecule has 0 unspecified atom stereocenters. The Morgan fingerprint density at radius 1 is 1.10 bits per heavy atom. The zero-order chi connectivity index (χ0) is 15.6. The van der Waals surface area contributed by atoms with Crippen LogP contribution in [0, 0.1) is 0 Å². The number of aliphatic hydroxyl groups excluding tert-OH is 1. The Morgan fingerprint density at radius 2 is 1.65 bits per heavy atom. The molecular formula is C9H10O9S2. The van der Waals surface area contributed by atoms with Crippen molar-refractivity contribution in [1.82, 2.24) is 0 Å². The summed E-state index contributed by atoms with van der Waals surface area (Å²) in [6.07, 6.45) is 0. The smallest absolute Gasteiger partial charge is 0.335 e. The fourth-order valence-electron chi connectivity index (χ4n) is 1.20. The molecule has 0 aliphatic heterocycles. The number of rotatable bonds is 6. The molecule has 0 aliphatic carbocycles. The Bertz CT molecular complexity index is 718. The molecule has 0 saturated heterocycles. The highest BCUT2D eigenvalue weighted by Gasteiger charge is 2.22. The molecule has 1 aromatic rings. The lowest BCUT2D eigenvalue weighted by Crippen LogP contribution is -2.12. The topological polar surface area (TPSA) is 155 Å². The fraction of sp³-hybridized carbons (Fsp3) is 0.222. The minimum absolute atomic E-state index is 0.550. The van der Waals surface area contributed by atoms with Gasteiger partial charge >= 0.3 is 5.97 Å². The third-order valence-corrected chi connectivity index (χ3v) is 4.16. The maximum absolute atomic E-state index is 11.6. The van der Waals surface area contributed by atoms with Crippen molar-refractivity contribution in [2.24, 2.45) is 0 Å². The number of carbonyl (C=O) groups is 1. The Labute approximate surface area is 114 Å². The maximum atomic E-state index is 11.6. The number of aromatic carboxylic acids is 1. The molecule has 0 radical (unpaired) electrons. The number of hydrogen-bond acceptors (Lipinski definition) is 7. The molecular weight excluding hydrogens is 316 g/mol. The SMILES string of the molecule is O=C(O)c1cc(S(=O)(=O)O)cc(S(=O)(=O)OCCO)c1. The van der Waals surface area contributed by atoms with Crippen LogP contribution in [0.25, 0.3) is 0 Å². The van der Waals surface area contributed by atoms with Crippen LogP contribution in [-0.4, -0.2) is 50.8 Å². The summed E-state index contributed by atoms with van der Waals surface area (Å²) in [6, 6.07) is 1.82. The van der Waals surface area contributed by atoms with E-state index in [0.717, 1.165) is 0 Å². The first-order valence-electron chi connectivity index (χ1n) is 4.94. The normalized spacial score (nSPS) is 12.3. The summed E-state index contributed by atoms with van der Waals surface area (Å²) in [7, 11) is -9.25. The van der Waals surface area contributed by atoms with E-state index >= 15 is 0 Å². The van der Waals surface area contributed by atoms with Gasteiger partial charge in [0, 0.05) is 0 Å². The predicted molar refractivity (Wildman–Crippen MR) is 63.4 cm³/mol. The molecule has 3 N–H and O–H groups in total. The Balaban J connectivity index is 3.48. The second kappa shape index (κ2) is 5.85. The van der Waals surface area contributed by atoms with E-state index in [1.165, 1.54) is 0 Å². The minimum atomic E-state index is -4.79. The van der Waals surface area contributed by atoms with Crippen molar-refractivity contribution in [2.75, 3.05) is 13.2 Å². The molecule has 0 aliphatic rings. The van der Waals surface area contributed by atoms with Crippen molar-refractivity contribution in [3.05, 3.63) is 23.8 Å². The highest BCUT2D eigenvalue weighted by molar-refractivity contribution is 7.87. The van der Waals surface area contributed by atoms with E-state index in [-0.39, 0.29) is 0 Å². The van der Waals surface area contributed by atoms with Crippen molar-refractivity contribution < 1.29 is 40.6 Å². The fourth-order valence-corrected chi connectivity index (χ4v) is 2.80. The monoisotopic (exact) mass is 326 g/mol. The summed E-state index contributed by atoms with van der Waals surface area (Å²) in [4.78, 5) is 9.16. The van der Waals surface area contributed by atoms with E-state index in [2.05, 4.69) is 4.18 Å². The lowest BCUT2D eigenvalue weighted by molar-refractivity contribution is 0.0696. The summed E-state index contributed by atoms with van der Waals surface area (Å²) in [5.74, 6) is -1.59. The number of hydrogen-bond donors (Lipinski definition) is 3. The van der Waals surface area contributed by atoms with Gasteiger partial charge < -0.3 is 10.2 Å². The van der Waals surface area contributed by atoms with E-state index in [1.807, 2.05) is 0 Å². The Morgan fingerprint density at radius 3 is 2.10 bits per heavy atom. The summed E-state index contributed by atoms with van der Waals surface area (Å²) in [6.45, 7) is -1.19. The van der Waals surface area contributed by atoms with Crippen LogP contribution in [0.5, 0.6) is 0 Å². The largest absolute Gasteiger partial charge is 0.478 e. The summed E-state index contributed by atoms with van der Waals surface area (Å²) in [5.41, 5.74) is -0.661. The van der Waals surface area contributed by atoms with Crippen LogP contribution in [0.15, 0.2) is 28.0 Å². The van der Waals surface area contributed by atoms with Gasteiger partial charge in [0.1, 0.15) is 0 Å².